The van der Waals surface area contributed by atoms with Crippen LogP contribution in [-0.4, -0.2) is 61.1 Å². The van der Waals surface area contributed by atoms with E-state index in [1.165, 1.54) is 4.90 Å². The van der Waals surface area contributed by atoms with Gasteiger partial charge in [-0.3, -0.25) is 14.4 Å². The highest BCUT2D eigenvalue weighted by molar-refractivity contribution is 5.99. The summed E-state index contributed by atoms with van der Waals surface area (Å²) < 4.78 is 43.6. The number of rotatable bonds is 4. The summed E-state index contributed by atoms with van der Waals surface area (Å²) in [5.41, 5.74) is 0.639. The number of alkyl halides is 3. The molecule has 7 nitrogen and oxygen atoms in total. The monoisotopic (exact) mass is 399 g/mol. The van der Waals surface area contributed by atoms with Crippen molar-refractivity contribution in [3.63, 3.8) is 0 Å². The first-order valence-electron chi connectivity index (χ1n) is 8.89. The van der Waals surface area contributed by atoms with Crippen molar-refractivity contribution in [3.05, 3.63) is 24.3 Å². The van der Waals surface area contributed by atoms with E-state index in [9.17, 15) is 27.6 Å². The van der Waals surface area contributed by atoms with Crippen LogP contribution >= 0.6 is 0 Å². The number of fused-ring (bicyclic) bond motifs is 1. The van der Waals surface area contributed by atoms with E-state index < -0.39 is 30.1 Å². The lowest BCUT2D eigenvalue weighted by Gasteiger charge is -2.32. The summed E-state index contributed by atoms with van der Waals surface area (Å²) in [6.45, 7) is -0.0714. The molecule has 0 saturated carbocycles. The highest BCUT2D eigenvalue weighted by Crippen LogP contribution is 2.33. The Morgan fingerprint density at radius 3 is 2.71 bits per heavy atom. The quantitative estimate of drug-likeness (QED) is 0.832. The molecule has 1 fully saturated rings. The summed E-state index contributed by atoms with van der Waals surface area (Å²) in [5.74, 6) is -2.40. The van der Waals surface area contributed by atoms with Crippen molar-refractivity contribution in [1.82, 2.24) is 10.2 Å². The van der Waals surface area contributed by atoms with Crippen LogP contribution < -0.4 is 15.0 Å². The van der Waals surface area contributed by atoms with Gasteiger partial charge in [-0.25, -0.2) is 0 Å². The molecular weight excluding hydrogens is 379 g/mol. The van der Waals surface area contributed by atoms with Crippen LogP contribution in [0.4, 0.5) is 18.9 Å². The van der Waals surface area contributed by atoms with Gasteiger partial charge in [0.25, 0.3) is 5.91 Å². The van der Waals surface area contributed by atoms with E-state index in [-0.39, 0.29) is 31.8 Å². The smallest absolute Gasteiger partial charge is 0.471 e. The molecule has 28 heavy (non-hydrogen) atoms. The summed E-state index contributed by atoms with van der Waals surface area (Å²) >= 11 is 0. The maximum atomic E-state index is 12.7. The lowest BCUT2D eigenvalue weighted by atomic mass is 10.1. The number of amides is 3. The van der Waals surface area contributed by atoms with Gasteiger partial charge in [-0.05, 0) is 25.0 Å². The molecule has 1 N–H and O–H groups in total. The average molecular weight is 399 g/mol. The summed E-state index contributed by atoms with van der Waals surface area (Å²) in [4.78, 5) is 38.1. The zero-order chi connectivity index (χ0) is 20.5. The van der Waals surface area contributed by atoms with E-state index in [1.54, 1.807) is 31.3 Å². The number of nitrogens with one attached hydrogen (secondary N) is 1. The molecule has 1 aromatic carbocycles. The minimum atomic E-state index is -5.01. The number of carbonyl (C=O) groups is 3. The van der Waals surface area contributed by atoms with Crippen LogP contribution in [0, 0.1) is 0 Å². The standard InChI is InChI=1S/C18H20F3N3O4/c1-23-11-5-2-3-7-13(11)28-14(16(23)26)8-9-22-15(25)12-6-4-10-24(12)17(27)18(19,20)21/h2-3,5,7,12,14H,4,6,8-10H2,1H3,(H,22,25). The molecule has 0 bridgehead atoms. The van der Waals surface area contributed by atoms with E-state index in [2.05, 4.69) is 5.32 Å². The van der Waals surface area contributed by atoms with Crippen molar-refractivity contribution < 1.29 is 32.3 Å². The molecule has 0 aromatic heterocycles. The summed E-state index contributed by atoms with van der Waals surface area (Å²) in [5, 5.41) is 2.52. The van der Waals surface area contributed by atoms with Gasteiger partial charge in [0, 0.05) is 26.6 Å². The molecule has 10 heteroatoms. The summed E-state index contributed by atoms with van der Waals surface area (Å²) in [6.07, 6.45) is -5.17. The fraction of sp³-hybridized carbons (Fsp3) is 0.500. The van der Waals surface area contributed by atoms with Crippen molar-refractivity contribution in [2.45, 2.75) is 37.6 Å². The number of halogens is 3. The molecule has 2 heterocycles. The molecule has 0 radical (unpaired) electrons. The molecule has 3 amide bonds. The second kappa shape index (κ2) is 7.69. The van der Waals surface area contributed by atoms with Gasteiger partial charge in [0.15, 0.2) is 6.10 Å². The Morgan fingerprint density at radius 2 is 2.00 bits per heavy atom. The van der Waals surface area contributed by atoms with Crippen molar-refractivity contribution >= 4 is 23.4 Å². The average Bonchev–Trinajstić information content (AvgIpc) is 3.14. The van der Waals surface area contributed by atoms with Gasteiger partial charge >= 0.3 is 12.1 Å². The predicted molar refractivity (Wildman–Crippen MR) is 92.7 cm³/mol. The number of benzene rings is 1. The van der Waals surface area contributed by atoms with Crippen LogP contribution in [0.15, 0.2) is 24.3 Å². The fourth-order valence-corrected chi connectivity index (χ4v) is 3.44. The Kier molecular flexibility index (Phi) is 5.48. The molecule has 2 unspecified atom stereocenters. The van der Waals surface area contributed by atoms with Crippen LogP contribution in [0.2, 0.25) is 0 Å². The van der Waals surface area contributed by atoms with Crippen LogP contribution in [0.1, 0.15) is 19.3 Å². The van der Waals surface area contributed by atoms with E-state index >= 15 is 0 Å². The number of ether oxygens (including phenoxy) is 1. The van der Waals surface area contributed by atoms with Crippen molar-refractivity contribution in [2.75, 3.05) is 25.0 Å². The molecule has 1 aromatic rings. The Balaban J connectivity index is 1.56. The molecule has 2 aliphatic rings. The molecule has 2 atom stereocenters. The maximum absolute atomic E-state index is 12.7. The minimum absolute atomic E-state index is 0.0375. The molecule has 0 aliphatic carbocycles. The van der Waals surface area contributed by atoms with E-state index in [1.807, 2.05) is 0 Å². The number of hydrogen-bond donors (Lipinski definition) is 1. The largest absolute Gasteiger partial charge is 0.478 e. The number of para-hydroxylation sites is 2. The van der Waals surface area contributed by atoms with Crippen molar-refractivity contribution in [2.24, 2.45) is 0 Å². The van der Waals surface area contributed by atoms with Crippen LogP contribution in [0.3, 0.4) is 0 Å². The van der Waals surface area contributed by atoms with E-state index in [0.29, 0.717) is 22.8 Å². The third kappa shape index (κ3) is 3.90. The van der Waals surface area contributed by atoms with Gasteiger partial charge in [0.1, 0.15) is 11.8 Å². The van der Waals surface area contributed by atoms with Gasteiger partial charge in [-0.1, -0.05) is 12.1 Å². The third-order valence-electron chi connectivity index (χ3n) is 4.87. The number of anilines is 1. The normalized spacial score (nSPS) is 21.9. The van der Waals surface area contributed by atoms with E-state index in [4.69, 9.17) is 4.74 Å². The Labute approximate surface area is 159 Å². The maximum Gasteiger partial charge on any atom is 0.471 e. The minimum Gasteiger partial charge on any atom is -0.478 e. The highest BCUT2D eigenvalue weighted by atomic mass is 19.4. The molecule has 1 saturated heterocycles. The zero-order valence-corrected chi connectivity index (χ0v) is 15.2. The first kappa shape index (κ1) is 20.0. The molecule has 3 rings (SSSR count). The fourth-order valence-electron chi connectivity index (χ4n) is 3.44. The number of likely N-dealkylation sites (tertiary alicyclic amines) is 1. The highest BCUT2D eigenvalue weighted by Gasteiger charge is 2.47. The van der Waals surface area contributed by atoms with Gasteiger partial charge in [0.05, 0.1) is 5.69 Å². The van der Waals surface area contributed by atoms with Crippen LogP contribution in [0.5, 0.6) is 5.75 Å². The first-order valence-corrected chi connectivity index (χ1v) is 8.89. The molecule has 152 valence electrons. The number of likely N-dealkylation sites (N-methyl/N-ethyl adjacent to an activating group) is 1. The summed E-state index contributed by atoms with van der Waals surface area (Å²) in [7, 11) is 1.62. The second-order valence-electron chi connectivity index (χ2n) is 6.71. The SMILES string of the molecule is CN1C(=O)C(CCNC(=O)C2CCCN2C(=O)C(F)(F)F)Oc2ccccc21. The Bertz CT molecular complexity index is 784. The lowest BCUT2D eigenvalue weighted by Crippen LogP contribution is -2.51. The predicted octanol–water partition coefficient (Wildman–Crippen LogP) is 1.47. The Morgan fingerprint density at radius 1 is 1.29 bits per heavy atom. The van der Waals surface area contributed by atoms with Gasteiger partial charge in [-0.15, -0.1) is 0 Å². The lowest BCUT2D eigenvalue weighted by molar-refractivity contribution is -0.186. The summed E-state index contributed by atoms with van der Waals surface area (Å²) in [6, 6.07) is 5.87. The third-order valence-corrected chi connectivity index (χ3v) is 4.87. The topological polar surface area (TPSA) is 79.0 Å². The molecular formula is C18H20F3N3O4. The molecule has 2 aliphatic heterocycles. The zero-order valence-electron chi connectivity index (χ0n) is 15.2. The number of hydrogen-bond acceptors (Lipinski definition) is 4. The van der Waals surface area contributed by atoms with Gasteiger partial charge in [-0.2, -0.15) is 13.2 Å². The number of nitrogens with zero attached hydrogens (tertiary/aromatic N) is 2. The first-order chi connectivity index (χ1) is 13.2. The van der Waals surface area contributed by atoms with Gasteiger partial charge < -0.3 is 19.9 Å². The van der Waals surface area contributed by atoms with Crippen molar-refractivity contribution in [3.8, 4) is 5.75 Å². The Hall–Kier alpha value is -2.78. The van der Waals surface area contributed by atoms with Crippen LogP contribution in [-0.2, 0) is 14.4 Å². The second-order valence-corrected chi connectivity index (χ2v) is 6.71. The van der Waals surface area contributed by atoms with E-state index in [0.717, 1.165) is 0 Å². The molecule has 0 spiro atoms. The number of carbonyl (C=O) groups excluding carboxylic acids is 3. The van der Waals surface area contributed by atoms with Gasteiger partial charge in [0.2, 0.25) is 5.91 Å². The van der Waals surface area contributed by atoms with Crippen molar-refractivity contribution in [1.29, 1.82) is 0 Å². The van der Waals surface area contributed by atoms with Crippen LogP contribution in [0.25, 0.3) is 0 Å².